The van der Waals surface area contributed by atoms with Crippen LogP contribution in [0, 0.1) is 0 Å². The molecular weight excluding hydrogens is 276 g/mol. The quantitative estimate of drug-likeness (QED) is 0.724. The molecule has 0 fully saturated rings. The minimum atomic E-state index is 0.0730. The molecule has 0 bridgehead atoms. The van der Waals surface area contributed by atoms with Gasteiger partial charge in [0.15, 0.2) is 0 Å². The number of benzene rings is 2. The number of fused-ring (bicyclic) bond motifs is 1. The predicted molar refractivity (Wildman–Crippen MR) is 90.4 cm³/mol. The van der Waals surface area contributed by atoms with Gasteiger partial charge in [0.05, 0.1) is 0 Å². The summed E-state index contributed by atoms with van der Waals surface area (Å²) in [7, 11) is 0. The van der Waals surface area contributed by atoms with E-state index >= 15 is 0 Å². The SMILES string of the molecule is CC(N)C(Sc1ccc2ccccc2c1)c1ccncc1. The van der Waals surface area contributed by atoms with Gasteiger partial charge in [-0.1, -0.05) is 30.3 Å². The van der Waals surface area contributed by atoms with Crippen molar-refractivity contribution in [3.05, 3.63) is 72.6 Å². The van der Waals surface area contributed by atoms with Crippen LogP contribution < -0.4 is 5.73 Å². The van der Waals surface area contributed by atoms with Gasteiger partial charge < -0.3 is 5.73 Å². The van der Waals surface area contributed by atoms with Crippen LogP contribution in [0.2, 0.25) is 0 Å². The minimum Gasteiger partial charge on any atom is -0.327 e. The summed E-state index contributed by atoms with van der Waals surface area (Å²) in [6.07, 6.45) is 3.65. The summed E-state index contributed by atoms with van der Waals surface area (Å²) >= 11 is 1.81. The number of aromatic nitrogens is 1. The number of thioether (sulfide) groups is 1. The Labute approximate surface area is 129 Å². The van der Waals surface area contributed by atoms with Crippen molar-refractivity contribution in [3.8, 4) is 0 Å². The average Bonchev–Trinajstić information content (AvgIpc) is 2.53. The van der Waals surface area contributed by atoms with E-state index in [1.807, 2.05) is 36.3 Å². The first-order chi connectivity index (χ1) is 10.2. The molecule has 2 aromatic carbocycles. The summed E-state index contributed by atoms with van der Waals surface area (Å²) in [4.78, 5) is 5.33. The zero-order valence-electron chi connectivity index (χ0n) is 11.9. The first-order valence-corrected chi connectivity index (χ1v) is 7.93. The van der Waals surface area contributed by atoms with E-state index in [4.69, 9.17) is 5.73 Å². The molecule has 2 atom stereocenters. The molecule has 2 N–H and O–H groups in total. The molecule has 21 heavy (non-hydrogen) atoms. The van der Waals surface area contributed by atoms with Crippen LogP contribution >= 0.6 is 11.8 Å². The van der Waals surface area contributed by atoms with Gasteiger partial charge in [-0.25, -0.2) is 0 Å². The molecule has 3 rings (SSSR count). The third kappa shape index (κ3) is 3.26. The molecule has 1 heterocycles. The summed E-state index contributed by atoms with van der Waals surface area (Å²) in [5, 5.41) is 2.76. The third-order valence-electron chi connectivity index (χ3n) is 3.50. The molecule has 3 heteroatoms. The average molecular weight is 294 g/mol. The van der Waals surface area contributed by atoms with Crippen molar-refractivity contribution in [1.82, 2.24) is 4.98 Å². The van der Waals surface area contributed by atoms with Crippen molar-refractivity contribution >= 4 is 22.5 Å². The van der Waals surface area contributed by atoms with E-state index in [1.165, 1.54) is 21.2 Å². The van der Waals surface area contributed by atoms with Crippen molar-refractivity contribution in [2.24, 2.45) is 5.73 Å². The molecule has 2 unspecified atom stereocenters. The lowest BCUT2D eigenvalue weighted by molar-refractivity contribution is 0.720. The van der Waals surface area contributed by atoms with Gasteiger partial charge in [-0.2, -0.15) is 0 Å². The predicted octanol–water partition coefficient (Wildman–Crippen LogP) is 4.42. The summed E-state index contributed by atoms with van der Waals surface area (Å²) in [5.41, 5.74) is 7.41. The molecule has 0 saturated carbocycles. The highest BCUT2D eigenvalue weighted by Crippen LogP contribution is 2.37. The highest BCUT2D eigenvalue weighted by atomic mass is 32.2. The van der Waals surface area contributed by atoms with Gasteiger partial charge in [-0.15, -0.1) is 11.8 Å². The van der Waals surface area contributed by atoms with Crippen molar-refractivity contribution in [2.75, 3.05) is 0 Å². The first-order valence-electron chi connectivity index (χ1n) is 7.05. The van der Waals surface area contributed by atoms with Crippen molar-refractivity contribution in [2.45, 2.75) is 23.1 Å². The molecular formula is C18H18N2S. The van der Waals surface area contributed by atoms with E-state index in [9.17, 15) is 0 Å². The highest BCUT2D eigenvalue weighted by Gasteiger charge is 2.17. The topological polar surface area (TPSA) is 38.9 Å². The number of hydrogen-bond acceptors (Lipinski definition) is 3. The maximum atomic E-state index is 6.19. The monoisotopic (exact) mass is 294 g/mol. The first kappa shape index (κ1) is 14.1. The summed E-state index contributed by atoms with van der Waals surface area (Å²) in [6.45, 7) is 2.05. The van der Waals surface area contributed by atoms with Crippen LogP contribution in [0.5, 0.6) is 0 Å². The number of nitrogens with two attached hydrogens (primary N) is 1. The normalized spacial score (nSPS) is 14.0. The highest BCUT2D eigenvalue weighted by molar-refractivity contribution is 7.99. The third-order valence-corrected chi connectivity index (χ3v) is 4.98. The Morgan fingerprint density at radius 3 is 2.38 bits per heavy atom. The summed E-state index contributed by atoms with van der Waals surface area (Å²) in [6, 6.07) is 19.2. The Morgan fingerprint density at radius 2 is 1.67 bits per heavy atom. The molecule has 3 aromatic rings. The molecule has 0 amide bonds. The fraction of sp³-hybridized carbons (Fsp3) is 0.167. The van der Waals surface area contributed by atoms with Crippen LogP contribution in [0.1, 0.15) is 17.7 Å². The fourth-order valence-corrected chi connectivity index (χ4v) is 3.56. The summed E-state index contributed by atoms with van der Waals surface area (Å²) < 4.78 is 0. The Bertz CT molecular complexity index is 725. The summed E-state index contributed by atoms with van der Waals surface area (Å²) in [5.74, 6) is 0. The molecule has 0 saturated heterocycles. The van der Waals surface area contributed by atoms with Crippen LogP contribution in [0.3, 0.4) is 0 Å². The van der Waals surface area contributed by atoms with Gasteiger partial charge in [-0.05, 0) is 47.5 Å². The molecule has 0 aliphatic heterocycles. The van der Waals surface area contributed by atoms with E-state index in [0.717, 1.165) is 0 Å². The van der Waals surface area contributed by atoms with E-state index in [0.29, 0.717) is 0 Å². The molecule has 106 valence electrons. The molecule has 0 aliphatic rings. The van der Waals surface area contributed by atoms with Crippen LogP contribution in [-0.2, 0) is 0 Å². The van der Waals surface area contributed by atoms with Gasteiger partial charge in [-0.3, -0.25) is 4.98 Å². The second kappa shape index (κ2) is 6.29. The fourth-order valence-electron chi connectivity index (χ4n) is 2.42. The zero-order chi connectivity index (χ0) is 14.7. The lowest BCUT2D eigenvalue weighted by Gasteiger charge is -2.20. The Morgan fingerprint density at radius 1 is 0.952 bits per heavy atom. The maximum absolute atomic E-state index is 6.19. The molecule has 0 aliphatic carbocycles. The van der Waals surface area contributed by atoms with Gasteiger partial charge in [0.1, 0.15) is 0 Å². The second-order valence-corrected chi connectivity index (χ2v) is 6.40. The minimum absolute atomic E-state index is 0.0730. The van der Waals surface area contributed by atoms with Crippen LogP contribution in [0.4, 0.5) is 0 Å². The molecule has 1 aromatic heterocycles. The van der Waals surface area contributed by atoms with Gasteiger partial charge in [0, 0.05) is 28.6 Å². The Balaban J connectivity index is 1.91. The number of hydrogen-bond donors (Lipinski definition) is 1. The smallest absolute Gasteiger partial charge is 0.0493 e. The van der Waals surface area contributed by atoms with E-state index in [2.05, 4.69) is 54.4 Å². The van der Waals surface area contributed by atoms with Crippen molar-refractivity contribution in [1.29, 1.82) is 0 Å². The lowest BCUT2D eigenvalue weighted by atomic mass is 10.1. The Kier molecular flexibility index (Phi) is 4.23. The lowest BCUT2D eigenvalue weighted by Crippen LogP contribution is -2.22. The van der Waals surface area contributed by atoms with E-state index in [-0.39, 0.29) is 11.3 Å². The van der Waals surface area contributed by atoms with Crippen molar-refractivity contribution in [3.63, 3.8) is 0 Å². The van der Waals surface area contributed by atoms with Gasteiger partial charge in [0.25, 0.3) is 0 Å². The standard InChI is InChI=1S/C18H18N2S/c1-13(19)18(15-8-10-20-11-9-15)21-17-7-6-14-4-2-3-5-16(14)12-17/h2-13,18H,19H2,1H3. The van der Waals surface area contributed by atoms with Crippen LogP contribution in [0.15, 0.2) is 71.9 Å². The zero-order valence-corrected chi connectivity index (χ0v) is 12.8. The second-order valence-electron chi connectivity index (χ2n) is 5.19. The maximum Gasteiger partial charge on any atom is 0.0493 e. The molecule has 0 spiro atoms. The number of rotatable bonds is 4. The van der Waals surface area contributed by atoms with Gasteiger partial charge >= 0.3 is 0 Å². The van der Waals surface area contributed by atoms with Gasteiger partial charge in [0.2, 0.25) is 0 Å². The molecule has 0 radical (unpaired) electrons. The van der Waals surface area contributed by atoms with Crippen molar-refractivity contribution < 1.29 is 0 Å². The number of nitrogens with zero attached hydrogens (tertiary/aromatic N) is 1. The molecule has 2 nitrogen and oxygen atoms in total. The largest absolute Gasteiger partial charge is 0.327 e. The van der Waals surface area contributed by atoms with E-state index in [1.54, 1.807) is 0 Å². The number of pyridine rings is 1. The van der Waals surface area contributed by atoms with Crippen LogP contribution in [-0.4, -0.2) is 11.0 Å². The van der Waals surface area contributed by atoms with Crippen LogP contribution in [0.25, 0.3) is 10.8 Å². The Hall–Kier alpha value is -1.84. The van der Waals surface area contributed by atoms with E-state index < -0.39 is 0 Å².